The van der Waals surface area contributed by atoms with Crippen LogP contribution in [0.3, 0.4) is 0 Å². The zero-order chi connectivity index (χ0) is 11.9. The lowest BCUT2D eigenvalue weighted by Gasteiger charge is -2.00. The van der Waals surface area contributed by atoms with Crippen molar-refractivity contribution in [3.8, 4) is 11.8 Å². The number of rotatable bonds is 10. The average Bonchev–Trinajstić information content (AvgIpc) is 2.31. The SMILES string of the molecule is [CH2]CC#CCCCCCCCCCCCC. The molecular weight excluding hydrogens is 192 g/mol. The van der Waals surface area contributed by atoms with E-state index >= 15 is 0 Å². The molecule has 0 spiro atoms. The van der Waals surface area contributed by atoms with Gasteiger partial charge in [0.15, 0.2) is 0 Å². The first kappa shape index (κ1) is 15.6. The van der Waals surface area contributed by atoms with Gasteiger partial charge in [-0.25, -0.2) is 0 Å². The van der Waals surface area contributed by atoms with E-state index in [0.717, 1.165) is 12.8 Å². The van der Waals surface area contributed by atoms with Crippen LogP contribution in [0.1, 0.15) is 84.0 Å². The van der Waals surface area contributed by atoms with Gasteiger partial charge in [0.25, 0.3) is 0 Å². The van der Waals surface area contributed by atoms with Gasteiger partial charge in [-0.1, -0.05) is 64.7 Å². The molecule has 0 aromatic heterocycles. The molecule has 0 heteroatoms. The van der Waals surface area contributed by atoms with Gasteiger partial charge in [-0.3, -0.25) is 0 Å². The number of hydrogen-bond acceptors (Lipinski definition) is 0. The van der Waals surface area contributed by atoms with E-state index in [1.54, 1.807) is 0 Å². The molecule has 0 saturated carbocycles. The molecule has 0 aromatic carbocycles. The van der Waals surface area contributed by atoms with Gasteiger partial charge in [0, 0.05) is 12.8 Å². The molecule has 0 nitrogen and oxygen atoms in total. The van der Waals surface area contributed by atoms with Crippen molar-refractivity contribution < 1.29 is 0 Å². The Kier molecular flexibility index (Phi) is 14.2. The van der Waals surface area contributed by atoms with E-state index in [1.165, 1.54) is 64.2 Å². The van der Waals surface area contributed by atoms with Crippen molar-refractivity contribution in [3.05, 3.63) is 6.92 Å². The fraction of sp³-hybridized carbons (Fsp3) is 0.812. The smallest absolute Gasteiger partial charge is 0.00890 e. The Bertz CT molecular complexity index is 170. The zero-order valence-electron chi connectivity index (χ0n) is 11.2. The van der Waals surface area contributed by atoms with Crippen molar-refractivity contribution in [1.82, 2.24) is 0 Å². The van der Waals surface area contributed by atoms with Crippen LogP contribution in [0.5, 0.6) is 0 Å². The predicted octanol–water partition coefficient (Wildman–Crippen LogP) is 5.52. The van der Waals surface area contributed by atoms with Gasteiger partial charge in [0.05, 0.1) is 0 Å². The number of unbranched alkanes of at least 4 members (excludes halogenated alkanes) is 10. The lowest BCUT2D eigenvalue weighted by Crippen LogP contribution is -1.81. The summed E-state index contributed by atoms with van der Waals surface area (Å²) in [6, 6.07) is 0. The molecule has 0 rings (SSSR count). The fourth-order valence-corrected chi connectivity index (χ4v) is 1.88. The van der Waals surface area contributed by atoms with E-state index in [2.05, 4.69) is 25.7 Å². The lowest BCUT2D eigenvalue weighted by molar-refractivity contribution is 0.558. The van der Waals surface area contributed by atoms with Crippen LogP contribution in [-0.4, -0.2) is 0 Å². The van der Waals surface area contributed by atoms with Crippen molar-refractivity contribution in [3.63, 3.8) is 0 Å². The van der Waals surface area contributed by atoms with Crippen LogP contribution >= 0.6 is 0 Å². The molecule has 0 N–H and O–H groups in total. The Hall–Kier alpha value is -0.440. The van der Waals surface area contributed by atoms with Crippen LogP contribution in [0.2, 0.25) is 0 Å². The largest absolute Gasteiger partial charge is 0.103 e. The monoisotopic (exact) mass is 221 g/mol. The molecule has 0 aliphatic rings. The molecule has 0 atom stereocenters. The summed E-state index contributed by atoms with van der Waals surface area (Å²) >= 11 is 0. The molecule has 0 aromatic rings. The second kappa shape index (κ2) is 14.6. The third-order valence-electron chi connectivity index (χ3n) is 2.91. The van der Waals surface area contributed by atoms with Gasteiger partial charge >= 0.3 is 0 Å². The van der Waals surface area contributed by atoms with Crippen molar-refractivity contribution in [1.29, 1.82) is 0 Å². The highest BCUT2D eigenvalue weighted by molar-refractivity contribution is 4.98. The van der Waals surface area contributed by atoms with Crippen LogP contribution < -0.4 is 0 Å². The molecule has 0 saturated heterocycles. The standard InChI is InChI=1S/C16H29/c1-3-5-7-9-11-13-15-16-14-12-10-8-6-4-2/h1,3-4,6,8-16H2,2H3. The summed E-state index contributed by atoms with van der Waals surface area (Å²) in [5.41, 5.74) is 0. The topological polar surface area (TPSA) is 0 Å². The Morgan fingerprint density at radius 1 is 0.688 bits per heavy atom. The first-order valence-corrected chi connectivity index (χ1v) is 7.16. The maximum absolute atomic E-state index is 3.70. The second-order valence-electron chi connectivity index (χ2n) is 4.54. The summed E-state index contributed by atoms with van der Waals surface area (Å²) < 4.78 is 0. The summed E-state index contributed by atoms with van der Waals surface area (Å²) in [5.74, 6) is 6.17. The van der Waals surface area contributed by atoms with Gasteiger partial charge in [-0.2, -0.15) is 0 Å². The molecular formula is C16H29. The average molecular weight is 221 g/mol. The summed E-state index contributed by atoms with van der Waals surface area (Å²) in [6.07, 6.45) is 15.9. The molecule has 0 unspecified atom stereocenters. The van der Waals surface area contributed by atoms with E-state index in [4.69, 9.17) is 0 Å². The molecule has 0 amide bonds. The molecule has 0 fully saturated rings. The third kappa shape index (κ3) is 13.6. The molecule has 16 heavy (non-hydrogen) atoms. The minimum absolute atomic E-state index is 0.762. The minimum atomic E-state index is 0.762. The summed E-state index contributed by atoms with van der Waals surface area (Å²) in [7, 11) is 0. The molecule has 0 aliphatic heterocycles. The van der Waals surface area contributed by atoms with Gasteiger partial charge in [-0.05, 0) is 13.3 Å². The Labute approximate surface area is 103 Å². The second-order valence-corrected chi connectivity index (χ2v) is 4.54. The van der Waals surface area contributed by atoms with E-state index in [0.29, 0.717) is 0 Å². The molecule has 0 bridgehead atoms. The van der Waals surface area contributed by atoms with Crippen molar-refractivity contribution in [2.24, 2.45) is 0 Å². The normalized spacial score (nSPS) is 9.88. The molecule has 0 heterocycles. The Morgan fingerprint density at radius 3 is 1.69 bits per heavy atom. The molecule has 93 valence electrons. The predicted molar refractivity (Wildman–Crippen MR) is 74.2 cm³/mol. The molecule has 0 aliphatic carbocycles. The van der Waals surface area contributed by atoms with Crippen LogP contribution in [0, 0.1) is 18.8 Å². The quantitative estimate of drug-likeness (QED) is 0.336. The van der Waals surface area contributed by atoms with Crippen molar-refractivity contribution in [2.45, 2.75) is 84.0 Å². The van der Waals surface area contributed by atoms with E-state index < -0.39 is 0 Å². The van der Waals surface area contributed by atoms with E-state index in [1.807, 2.05) is 0 Å². The highest BCUT2D eigenvalue weighted by atomic mass is 14.0. The fourth-order valence-electron chi connectivity index (χ4n) is 1.88. The highest BCUT2D eigenvalue weighted by Gasteiger charge is 1.91. The first-order valence-electron chi connectivity index (χ1n) is 7.16. The Morgan fingerprint density at radius 2 is 1.19 bits per heavy atom. The maximum atomic E-state index is 3.70. The zero-order valence-corrected chi connectivity index (χ0v) is 11.2. The van der Waals surface area contributed by atoms with E-state index in [-0.39, 0.29) is 0 Å². The summed E-state index contributed by atoms with van der Waals surface area (Å²) in [6.45, 7) is 5.98. The molecule has 1 radical (unpaired) electrons. The Balaban J connectivity index is 2.93. The van der Waals surface area contributed by atoms with E-state index in [9.17, 15) is 0 Å². The van der Waals surface area contributed by atoms with Gasteiger partial charge in [-0.15, -0.1) is 11.8 Å². The van der Waals surface area contributed by atoms with Gasteiger partial charge in [0.1, 0.15) is 0 Å². The summed E-state index contributed by atoms with van der Waals surface area (Å²) in [4.78, 5) is 0. The number of hydrogen-bond donors (Lipinski definition) is 0. The lowest BCUT2D eigenvalue weighted by atomic mass is 10.1. The summed E-state index contributed by atoms with van der Waals surface area (Å²) in [5, 5.41) is 0. The first-order chi connectivity index (χ1) is 7.91. The highest BCUT2D eigenvalue weighted by Crippen LogP contribution is 2.10. The van der Waals surface area contributed by atoms with Crippen LogP contribution in [0.15, 0.2) is 0 Å². The van der Waals surface area contributed by atoms with Crippen molar-refractivity contribution in [2.75, 3.05) is 0 Å². The maximum Gasteiger partial charge on any atom is 0.00890 e. The minimum Gasteiger partial charge on any atom is -0.103 e. The van der Waals surface area contributed by atoms with Crippen LogP contribution in [0.25, 0.3) is 0 Å². The third-order valence-corrected chi connectivity index (χ3v) is 2.91. The van der Waals surface area contributed by atoms with Gasteiger partial charge < -0.3 is 0 Å². The van der Waals surface area contributed by atoms with Crippen LogP contribution in [0.4, 0.5) is 0 Å². The van der Waals surface area contributed by atoms with Crippen LogP contribution in [-0.2, 0) is 0 Å². The van der Waals surface area contributed by atoms with Gasteiger partial charge in [0.2, 0.25) is 0 Å². The van der Waals surface area contributed by atoms with Crippen molar-refractivity contribution >= 4 is 0 Å².